The van der Waals surface area contributed by atoms with E-state index in [1.54, 1.807) is 0 Å². The van der Waals surface area contributed by atoms with Gasteiger partial charge in [-0.3, -0.25) is 0 Å². The monoisotopic (exact) mass is 139 g/mol. The maximum Gasteiger partial charge on any atom is 0.0620 e. The Bertz CT molecular complexity index is 151. The van der Waals surface area contributed by atoms with E-state index in [1.807, 2.05) is 6.08 Å². The van der Waals surface area contributed by atoms with Crippen molar-refractivity contribution in [3.63, 3.8) is 0 Å². The predicted molar refractivity (Wildman–Crippen MR) is 41.8 cm³/mol. The van der Waals surface area contributed by atoms with Gasteiger partial charge in [0.1, 0.15) is 0 Å². The van der Waals surface area contributed by atoms with E-state index in [9.17, 15) is 0 Å². The minimum atomic E-state index is 0.176. The lowest BCUT2D eigenvalue weighted by Gasteiger charge is -2.00. The van der Waals surface area contributed by atoms with E-state index in [4.69, 9.17) is 5.11 Å². The van der Waals surface area contributed by atoms with Crippen LogP contribution in [-0.4, -0.2) is 24.3 Å². The lowest BCUT2D eigenvalue weighted by Crippen LogP contribution is -2.25. The van der Waals surface area contributed by atoms with Gasteiger partial charge in [0.05, 0.1) is 6.61 Å². The first-order chi connectivity index (χ1) is 4.86. The van der Waals surface area contributed by atoms with E-state index in [0.29, 0.717) is 0 Å². The van der Waals surface area contributed by atoms with Crippen molar-refractivity contribution in [2.75, 3.05) is 13.2 Å². The number of hydrogen-bond donors (Lipinski definition) is 2. The second-order valence-electron chi connectivity index (χ2n) is 2.49. The van der Waals surface area contributed by atoms with Crippen molar-refractivity contribution in [1.29, 1.82) is 0 Å². The molecule has 1 aliphatic heterocycles. The van der Waals surface area contributed by atoms with E-state index >= 15 is 0 Å². The highest BCUT2D eigenvalue weighted by Gasteiger charge is 2.11. The molecule has 2 nitrogen and oxygen atoms in total. The molecular formula is C8H13NO. The van der Waals surface area contributed by atoms with Gasteiger partial charge in [-0.15, -0.1) is 6.58 Å². The third-order valence-corrected chi connectivity index (χ3v) is 1.63. The summed E-state index contributed by atoms with van der Waals surface area (Å²) in [5.41, 5.74) is 1.33. The molecule has 56 valence electrons. The van der Waals surface area contributed by atoms with Crippen LogP contribution < -0.4 is 5.32 Å². The fourth-order valence-corrected chi connectivity index (χ4v) is 1.11. The summed E-state index contributed by atoms with van der Waals surface area (Å²) in [6.45, 7) is 4.74. The molecule has 0 fully saturated rings. The van der Waals surface area contributed by atoms with Crippen molar-refractivity contribution in [3.05, 3.63) is 24.3 Å². The number of nitrogens with one attached hydrogen (secondary N) is 1. The lowest BCUT2D eigenvalue weighted by molar-refractivity contribution is 0.271. The Morgan fingerprint density at radius 2 is 2.70 bits per heavy atom. The van der Waals surface area contributed by atoms with Crippen molar-refractivity contribution in [2.45, 2.75) is 12.5 Å². The third-order valence-electron chi connectivity index (χ3n) is 1.63. The lowest BCUT2D eigenvalue weighted by atomic mass is 10.2. The molecule has 1 aliphatic rings. The molecule has 1 rings (SSSR count). The Kier molecular flexibility index (Phi) is 2.66. The molecule has 1 heterocycles. The van der Waals surface area contributed by atoms with Crippen molar-refractivity contribution >= 4 is 0 Å². The topological polar surface area (TPSA) is 32.3 Å². The minimum Gasteiger partial charge on any atom is -0.394 e. The van der Waals surface area contributed by atoms with Gasteiger partial charge in [-0.25, -0.2) is 0 Å². The van der Waals surface area contributed by atoms with Gasteiger partial charge in [0.2, 0.25) is 0 Å². The highest BCUT2D eigenvalue weighted by Crippen LogP contribution is 2.08. The zero-order chi connectivity index (χ0) is 7.40. The van der Waals surface area contributed by atoms with Crippen LogP contribution >= 0.6 is 0 Å². The molecule has 0 saturated heterocycles. The number of aliphatic hydroxyl groups is 1. The molecular weight excluding hydrogens is 126 g/mol. The van der Waals surface area contributed by atoms with Crippen LogP contribution in [0.4, 0.5) is 0 Å². The number of aliphatic hydroxyl groups excluding tert-OH is 1. The predicted octanol–water partition coefficient (Wildman–Crippen LogP) is 0.453. The average Bonchev–Trinajstić information content (AvgIpc) is 2.37. The molecule has 2 heteroatoms. The number of rotatable bonds is 3. The molecule has 0 aromatic rings. The molecule has 1 atom stereocenters. The molecule has 0 bridgehead atoms. The van der Waals surface area contributed by atoms with Crippen LogP contribution in [-0.2, 0) is 0 Å². The Balaban J connectivity index is 2.40. The molecule has 0 saturated carbocycles. The summed E-state index contributed by atoms with van der Waals surface area (Å²) in [4.78, 5) is 0. The van der Waals surface area contributed by atoms with E-state index in [0.717, 1.165) is 13.0 Å². The number of allylic oxidation sites excluding steroid dienone is 1. The van der Waals surface area contributed by atoms with Gasteiger partial charge in [0, 0.05) is 12.6 Å². The zero-order valence-electron chi connectivity index (χ0n) is 6.01. The standard InChI is InChI=1S/C8H13NO/c1-2-3-7-4-8(6-10)9-5-7/h2,4,8-10H,1,3,5-6H2. The molecule has 0 spiro atoms. The summed E-state index contributed by atoms with van der Waals surface area (Å²) in [6, 6.07) is 0.176. The first-order valence-electron chi connectivity index (χ1n) is 3.51. The van der Waals surface area contributed by atoms with E-state index in [-0.39, 0.29) is 12.6 Å². The molecule has 0 aromatic heterocycles. The third kappa shape index (κ3) is 1.69. The highest BCUT2D eigenvalue weighted by molar-refractivity contribution is 5.17. The molecule has 0 aromatic carbocycles. The molecule has 1 unspecified atom stereocenters. The smallest absolute Gasteiger partial charge is 0.0620 e. The van der Waals surface area contributed by atoms with Crippen LogP contribution in [0.3, 0.4) is 0 Å². The van der Waals surface area contributed by atoms with Gasteiger partial charge < -0.3 is 10.4 Å². The molecule has 0 amide bonds. The van der Waals surface area contributed by atoms with Gasteiger partial charge in [-0.1, -0.05) is 17.7 Å². The van der Waals surface area contributed by atoms with Crippen LogP contribution in [0.25, 0.3) is 0 Å². The van der Waals surface area contributed by atoms with Gasteiger partial charge in [0.15, 0.2) is 0 Å². The molecule has 10 heavy (non-hydrogen) atoms. The fourth-order valence-electron chi connectivity index (χ4n) is 1.11. The summed E-state index contributed by atoms with van der Waals surface area (Å²) in [5, 5.41) is 11.9. The maximum atomic E-state index is 8.72. The van der Waals surface area contributed by atoms with Crippen LogP contribution in [0.1, 0.15) is 6.42 Å². The van der Waals surface area contributed by atoms with E-state index < -0.39 is 0 Å². The maximum absolute atomic E-state index is 8.72. The first-order valence-corrected chi connectivity index (χ1v) is 3.51. The fraction of sp³-hybridized carbons (Fsp3) is 0.500. The minimum absolute atomic E-state index is 0.176. The largest absolute Gasteiger partial charge is 0.394 e. The normalized spacial score (nSPS) is 24.5. The van der Waals surface area contributed by atoms with Crippen LogP contribution in [0.15, 0.2) is 24.3 Å². The molecule has 0 radical (unpaired) electrons. The Morgan fingerprint density at radius 3 is 3.20 bits per heavy atom. The van der Waals surface area contributed by atoms with Gasteiger partial charge in [-0.2, -0.15) is 0 Å². The first kappa shape index (κ1) is 7.51. The second-order valence-corrected chi connectivity index (χ2v) is 2.49. The molecule has 0 aliphatic carbocycles. The second kappa shape index (κ2) is 3.54. The van der Waals surface area contributed by atoms with Crippen molar-refractivity contribution in [1.82, 2.24) is 5.32 Å². The van der Waals surface area contributed by atoms with Gasteiger partial charge in [-0.05, 0) is 6.42 Å². The van der Waals surface area contributed by atoms with Crippen LogP contribution in [0.2, 0.25) is 0 Å². The summed E-state index contributed by atoms with van der Waals surface area (Å²) in [6.07, 6.45) is 4.89. The van der Waals surface area contributed by atoms with E-state index in [1.165, 1.54) is 5.57 Å². The van der Waals surface area contributed by atoms with Crippen molar-refractivity contribution in [3.8, 4) is 0 Å². The summed E-state index contributed by atoms with van der Waals surface area (Å²) in [7, 11) is 0. The van der Waals surface area contributed by atoms with Crippen LogP contribution in [0, 0.1) is 0 Å². The van der Waals surface area contributed by atoms with Crippen molar-refractivity contribution in [2.24, 2.45) is 0 Å². The Hall–Kier alpha value is -0.600. The quantitative estimate of drug-likeness (QED) is 0.556. The average molecular weight is 139 g/mol. The summed E-state index contributed by atoms with van der Waals surface area (Å²) < 4.78 is 0. The molecule has 2 N–H and O–H groups in total. The highest BCUT2D eigenvalue weighted by atomic mass is 16.3. The van der Waals surface area contributed by atoms with Gasteiger partial charge >= 0.3 is 0 Å². The Labute approximate surface area is 61.3 Å². The van der Waals surface area contributed by atoms with Gasteiger partial charge in [0.25, 0.3) is 0 Å². The van der Waals surface area contributed by atoms with Crippen molar-refractivity contribution < 1.29 is 5.11 Å². The number of hydrogen-bond acceptors (Lipinski definition) is 2. The van der Waals surface area contributed by atoms with E-state index in [2.05, 4.69) is 18.0 Å². The SMILES string of the molecule is C=CCC1=CC(CO)NC1. The summed E-state index contributed by atoms with van der Waals surface area (Å²) >= 11 is 0. The van der Waals surface area contributed by atoms with Crippen LogP contribution in [0.5, 0.6) is 0 Å². The zero-order valence-corrected chi connectivity index (χ0v) is 6.01. The summed E-state index contributed by atoms with van der Waals surface area (Å²) in [5.74, 6) is 0. The Morgan fingerprint density at radius 1 is 1.90 bits per heavy atom.